The van der Waals surface area contributed by atoms with Crippen molar-refractivity contribution in [3.05, 3.63) is 254 Å². The number of carbonyl (C=O) groups is 5. The molecule has 0 aromatic heterocycles. The minimum atomic E-state index is -0.192. The summed E-state index contributed by atoms with van der Waals surface area (Å²) >= 11 is 17.7. The molecule has 5 aliphatic rings. The van der Waals surface area contributed by atoms with E-state index in [1.165, 1.54) is 28.7 Å². The summed E-state index contributed by atoms with van der Waals surface area (Å²) in [7, 11) is 0. The number of likely N-dealkylation sites (tertiary alicyclic amines) is 5. The number of carbonyl (C=O) groups excluding carboxylic acids is 5. The smallest absolute Gasteiger partial charge is 0.319 e. The molecule has 8 aromatic carbocycles. The Morgan fingerprint density at radius 3 is 1.09 bits per heavy atom. The number of rotatable bonds is 21. The lowest BCUT2D eigenvalue weighted by molar-refractivity contribution is 0.189. The molecule has 115 heavy (non-hydrogen) atoms. The third-order valence-electron chi connectivity index (χ3n) is 21.6. The van der Waals surface area contributed by atoms with Gasteiger partial charge in [-0.25, -0.2) is 24.0 Å². The Bertz CT molecular complexity index is 4210. The van der Waals surface area contributed by atoms with Gasteiger partial charge in [-0.1, -0.05) is 208 Å². The van der Waals surface area contributed by atoms with Gasteiger partial charge in [-0.2, -0.15) is 0 Å². The summed E-state index contributed by atoms with van der Waals surface area (Å²) in [6, 6.07) is 66.6. The number of aryl methyl sites for hydroxylation is 4. The van der Waals surface area contributed by atoms with Crippen molar-refractivity contribution in [2.45, 2.75) is 175 Å². The topological polar surface area (TPSA) is 222 Å². The van der Waals surface area contributed by atoms with Gasteiger partial charge in [0.2, 0.25) is 0 Å². The number of anilines is 5. The molecule has 0 spiro atoms. The van der Waals surface area contributed by atoms with E-state index in [-0.39, 0.29) is 60.4 Å². The molecule has 0 saturated carbocycles. The number of urea groups is 5. The number of para-hydroxylation sites is 2. The van der Waals surface area contributed by atoms with Gasteiger partial charge in [0.25, 0.3) is 0 Å². The van der Waals surface area contributed by atoms with E-state index < -0.39 is 0 Å². The molecule has 0 radical (unpaired) electrons. The number of hydrogen-bond donors (Lipinski definition) is 10. The van der Waals surface area contributed by atoms with Crippen molar-refractivity contribution in [1.29, 1.82) is 0 Å². The maximum absolute atomic E-state index is 12.3. The minimum absolute atomic E-state index is 0.0950. The summed E-state index contributed by atoms with van der Waals surface area (Å²) in [6.45, 7) is 28.0. The number of piperidine rings is 5. The molecule has 616 valence electrons. The largest absolute Gasteiger partial charge is 0.335 e. The monoisotopic (exact) mass is 1620 g/mol. The fourth-order valence-corrected chi connectivity index (χ4v) is 15.2. The highest BCUT2D eigenvalue weighted by Gasteiger charge is 2.26. The Labute approximate surface area is 698 Å². The van der Waals surface area contributed by atoms with Crippen LogP contribution < -0.4 is 53.2 Å². The number of hydrogen-bond acceptors (Lipinski definition) is 10. The molecule has 0 unspecified atom stereocenters. The zero-order valence-corrected chi connectivity index (χ0v) is 70.4. The highest BCUT2D eigenvalue weighted by molar-refractivity contribution is 6.42. The van der Waals surface area contributed by atoms with Crippen LogP contribution in [0.25, 0.3) is 0 Å². The summed E-state index contributed by atoms with van der Waals surface area (Å²) in [6.07, 6.45) is 13.1. The van der Waals surface area contributed by atoms with E-state index in [9.17, 15) is 24.0 Å². The standard InChI is InChI=1S/2C21H27N3O.C20H25N3O.C15H21Cl2N3O.C15H22ClN3O/c1-2-18-10-6-7-11-20(18)23-21(25)22-19-12-14-24(15-13-19)16-17-8-4-3-5-9-17;1-2-17-8-10-19(11-9-17)22-21(25)23-20-12-14-24(15-13-20)16-18-6-4-3-5-7-18;1-16-7-5-6-10-19(16)22-20(24)21-18-11-13-23(14-12-18)15-17-8-3-2-4-9-17;1-2-7-20-8-5-11(6-9-20)18-15(21)19-12-3-4-13(16)14(17)10-12;1-3-19-8-6-13(7-9-19)17-15(20)18-14-10-12(16)5-4-11(14)2/h3-11,19H,2,12-16H2,1H3,(H2,22,23,25);3-11,20H,2,12-16H2,1H3,(H2,22,23,25);2-10,18H,11-15H2,1H3,(H2,21,22,24);3-4,10-11H,2,5-9H2,1H3,(H2,18,19,21);4-5,10,13H,3,6-9H2,1-2H3,(H2,17,18,20). The molecule has 10 amide bonds. The van der Waals surface area contributed by atoms with Crippen molar-refractivity contribution in [2.75, 3.05) is 105 Å². The summed E-state index contributed by atoms with van der Waals surface area (Å²) in [5.74, 6) is 0. The molecule has 0 atom stereocenters. The quantitative estimate of drug-likeness (QED) is 0.0328. The van der Waals surface area contributed by atoms with E-state index in [0.29, 0.717) is 20.8 Å². The van der Waals surface area contributed by atoms with E-state index in [2.05, 4.69) is 202 Å². The Kier molecular flexibility index (Phi) is 38.2. The average Bonchev–Trinajstić information content (AvgIpc) is 0.885. The second-order valence-electron chi connectivity index (χ2n) is 30.4. The van der Waals surface area contributed by atoms with Gasteiger partial charge in [0.1, 0.15) is 0 Å². The van der Waals surface area contributed by atoms with Crippen molar-refractivity contribution < 1.29 is 24.0 Å². The van der Waals surface area contributed by atoms with Crippen molar-refractivity contribution >= 4 is 93.4 Å². The van der Waals surface area contributed by atoms with E-state index in [0.717, 1.165) is 215 Å². The SMILES string of the molecule is CCCN1CCC(NC(=O)Nc2ccc(Cl)c(Cl)c2)CC1.CCN1CCC(NC(=O)Nc2cc(Cl)ccc2C)CC1.CCc1ccc(NC(=O)NC2CCN(Cc3ccccc3)CC2)cc1.CCc1ccccc1NC(=O)NC1CCN(Cc2ccccc2)CC1.Cc1ccccc1NC(=O)NC1CCN(Cc2ccccc2)CC1. The second kappa shape index (κ2) is 49.0. The first-order valence-corrected chi connectivity index (χ1v) is 42.5. The number of nitrogens with zero attached hydrogens (tertiary/aromatic N) is 5. The van der Waals surface area contributed by atoms with Crippen LogP contribution in [0.4, 0.5) is 52.4 Å². The Morgan fingerprint density at radius 1 is 0.322 bits per heavy atom. The molecule has 8 aromatic rings. The second-order valence-corrected chi connectivity index (χ2v) is 31.6. The van der Waals surface area contributed by atoms with Gasteiger partial charge in [-0.15, -0.1) is 0 Å². The van der Waals surface area contributed by atoms with Gasteiger partial charge in [0.15, 0.2) is 0 Å². The van der Waals surface area contributed by atoms with Gasteiger partial charge in [-0.3, -0.25) is 14.7 Å². The van der Waals surface area contributed by atoms with Gasteiger partial charge in [-0.05, 0) is 204 Å². The highest BCUT2D eigenvalue weighted by atomic mass is 35.5. The molecule has 0 aliphatic carbocycles. The van der Waals surface area contributed by atoms with Crippen LogP contribution in [-0.2, 0) is 32.5 Å². The predicted octanol–water partition coefficient (Wildman–Crippen LogP) is 19.1. The summed E-state index contributed by atoms with van der Waals surface area (Å²) < 4.78 is 0. The van der Waals surface area contributed by atoms with Crippen LogP contribution in [0.2, 0.25) is 15.1 Å². The molecule has 10 N–H and O–H groups in total. The summed E-state index contributed by atoms with van der Waals surface area (Å²) in [4.78, 5) is 72.8. The highest BCUT2D eigenvalue weighted by Crippen LogP contribution is 2.27. The van der Waals surface area contributed by atoms with E-state index in [1.54, 1.807) is 24.3 Å². The normalized spacial score (nSPS) is 16.1. The van der Waals surface area contributed by atoms with Crippen molar-refractivity contribution in [1.82, 2.24) is 51.1 Å². The number of nitrogens with one attached hydrogen (secondary N) is 10. The molecule has 5 heterocycles. The van der Waals surface area contributed by atoms with Crippen LogP contribution >= 0.6 is 34.8 Å². The molecule has 20 nitrogen and oxygen atoms in total. The van der Waals surface area contributed by atoms with Crippen molar-refractivity contribution in [2.24, 2.45) is 0 Å². The molecule has 5 saturated heterocycles. The van der Waals surface area contributed by atoms with Gasteiger partial charge >= 0.3 is 30.2 Å². The lowest BCUT2D eigenvalue weighted by Crippen LogP contribution is -2.46. The van der Waals surface area contributed by atoms with Crippen LogP contribution in [0.1, 0.15) is 137 Å². The van der Waals surface area contributed by atoms with E-state index in [4.69, 9.17) is 34.8 Å². The first-order valence-electron chi connectivity index (χ1n) is 41.4. The van der Waals surface area contributed by atoms with Crippen molar-refractivity contribution in [3.63, 3.8) is 0 Å². The van der Waals surface area contributed by atoms with E-state index >= 15 is 0 Å². The Hall–Kier alpha value is -9.22. The zero-order chi connectivity index (χ0) is 81.5. The molecule has 0 bridgehead atoms. The van der Waals surface area contributed by atoms with Gasteiger partial charge in [0.05, 0.1) is 10.0 Å². The maximum Gasteiger partial charge on any atom is 0.319 e. The van der Waals surface area contributed by atoms with Crippen LogP contribution in [-0.4, -0.2) is 163 Å². The molecular formula is C92H122Cl3N15O5. The number of halogens is 3. The lowest BCUT2D eigenvalue weighted by Gasteiger charge is -2.32. The molecule has 13 rings (SSSR count). The maximum atomic E-state index is 12.3. The lowest BCUT2D eigenvalue weighted by atomic mass is 10.0. The Balaban J connectivity index is 0.000000165. The van der Waals surface area contributed by atoms with Gasteiger partial charge < -0.3 is 63.0 Å². The zero-order valence-electron chi connectivity index (χ0n) is 68.1. The predicted molar refractivity (Wildman–Crippen MR) is 475 cm³/mol. The minimum Gasteiger partial charge on any atom is -0.335 e. The van der Waals surface area contributed by atoms with Crippen LogP contribution in [0, 0.1) is 13.8 Å². The fourth-order valence-electron chi connectivity index (χ4n) is 14.8. The first kappa shape index (κ1) is 89.7. The number of benzene rings is 8. The van der Waals surface area contributed by atoms with Crippen LogP contribution in [0.3, 0.4) is 0 Å². The molecule has 5 aliphatic heterocycles. The Morgan fingerprint density at radius 2 is 0.678 bits per heavy atom. The van der Waals surface area contributed by atoms with Gasteiger partial charge in [0, 0.05) is 149 Å². The average molecular weight is 1620 g/mol. The van der Waals surface area contributed by atoms with Crippen LogP contribution in [0.15, 0.2) is 200 Å². The van der Waals surface area contributed by atoms with Crippen molar-refractivity contribution in [3.8, 4) is 0 Å². The molecule has 23 heteroatoms. The van der Waals surface area contributed by atoms with E-state index in [1.807, 2.05) is 92.7 Å². The molecular weight excluding hydrogens is 1500 g/mol. The summed E-state index contributed by atoms with van der Waals surface area (Å²) in [5.41, 5.74) is 12.6. The third-order valence-corrected chi connectivity index (χ3v) is 22.6. The van der Waals surface area contributed by atoms with Crippen LogP contribution in [0.5, 0.6) is 0 Å². The molecule has 5 fully saturated rings. The first-order chi connectivity index (χ1) is 55.8. The number of amides is 10. The third kappa shape index (κ3) is 32.8. The fraction of sp³-hybridized carbons (Fsp3) is 0.424. The summed E-state index contributed by atoms with van der Waals surface area (Å²) in [5, 5.41) is 31.5.